The summed E-state index contributed by atoms with van der Waals surface area (Å²) in [5.74, 6) is -2.00. The Morgan fingerprint density at radius 2 is 1.63 bits per heavy atom. The van der Waals surface area contributed by atoms with Crippen molar-refractivity contribution in [3.8, 4) is 22.3 Å². The number of anilines is 1. The molecule has 3 aromatic carbocycles. The predicted molar refractivity (Wildman–Crippen MR) is 285 cm³/mol. The van der Waals surface area contributed by atoms with Gasteiger partial charge in [-0.25, -0.2) is 4.98 Å². The van der Waals surface area contributed by atoms with E-state index in [4.69, 9.17) is 25.8 Å². The minimum atomic E-state index is -0.895. The van der Waals surface area contributed by atoms with E-state index in [1.54, 1.807) is 55.5 Å². The zero-order valence-electron chi connectivity index (χ0n) is 44.2. The molecule has 2 heterocycles. The lowest BCUT2D eigenvalue weighted by atomic mass is 9.49. The molecule has 1 aromatic heterocycles. The summed E-state index contributed by atoms with van der Waals surface area (Å²) in [4.78, 5) is 75.0. The fourth-order valence-corrected chi connectivity index (χ4v) is 11.3. The van der Waals surface area contributed by atoms with Crippen LogP contribution >= 0.6 is 22.9 Å². The van der Waals surface area contributed by atoms with Crippen molar-refractivity contribution in [2.75, 3.05) is 31.6 Å². The summed E-state index contributed by atoms with van der Waals surface area (Å²) in [5.41, 5.74) is 5.16. The average molecular weight is 1040 g/mol. The molecule has 1 aliphatic carbocycles. The Hall–Kier alpha value is -5.82. The largest absolute Gasteiger partial charge is 0.489 e. The molecule has 6 rings (SSSR count). The van der Waals surface area contributed by atoms with Gasteiger partial charge in [0.2, 0.25) is 11.8 Å². The number of carbonyl (C=O) groups is 5. The van der Waals surface area contributed by atoms with E-state index in [0.717, 1.165) is 46.6 Å². The number of rotatable bonds is 22. The molecule has 1 aliphatic heterocycles. The number of aromatic nitrogens is 1. The number of esters is 1. The Morgan fingerprint density at radius 3 is 2.23 bits per heavy atom. The van der Waals surface area contributed by atoms with Gasteiger partial charge in [-0.1, -0.05) is 98.2 Å². The molecule has 16 heteroatoms. The molecule has 3 N–H and O–H groups in total. The van der Waals surface area contributed by atoms with Crippen LogP contribution in [0.5, 0.6) is 5.75 Å². The van der Waals surface area contributed by atoms with Gasteiger partial charge < -0.3 is 35.1 Å². The lowest BCUT2D eigenvalue weighted by Gasteiger charge is -2.63. The summed E-state index contributed by atoms with van der Waals surface area (Å²) in [6.45, 7) is 22.4. The first-order valence-electron chi connectivity index (χ1n) is 25.3. The molecule has 2 aliphatic rings. The highest BCUT2D eigenvalue weighted by atomic mass is 35.5. The minimum absolute atomic E-state index is 0.0528. The van der Waals surface area contributed by atoms with E-state index >= 15 is 0 Å². The number of likely N-dealkylation sites (tertiary alicyclic amines) is 1. The van der Waals surface area contributed by atoms with Crippen LogP contribution in [0, 0.1) is 46.3 Å². The van der Waals surface area contributed by atoms with Crippen LogP contribution in [0.15, 0.2) is 72.2 Å². The SMILES string of the molecule is Cc1ncsc1-c1ccc([C@H](C)NC(=O)C2C[C@@H](OC(=O)C(C)C)CN2C(=O)C(CC(=O)COCCCCCNc2ccc(C(=O)NC3C(C)(C)C(Oc4ccc(C#N)c(Cl)c4)C3(C)C)cc2)C(C)(C)C)cc1. The number of hydrogen-bond donors (Lipinski definition) is 3. The first-order valence-corrected chi connectivity index (χ1v) is 26.6. The Morgan fingerprint density at radius 1 is 0.945 bits per heavy atom. The smallest absolute Gasteiger partial charge is 0.308 e. The Kier molecular flexibility index (Phi) is 18.6. The van der Waals surface area contributed by atoms with Gasteiger partial charge in [-0.3, -0.25) is 24.0 Å². The van der Waals surface area contributed by atoms with E-state index in [1.165, 1.54) is 4.90 Å². The quantitative estimate of drug-likeness (QED) is 0.0502. The summed E-state index contributed by atoms with van der Waals surface area (Å²) >= 11 is 7.82. The zero-order valence-corrected chi connectivity index (χ0v) is 45.8. The van der Waals surface area contributed by atoms with Crippen LogP contribution in [-0.2, 0) is 28.7 Å². The fourth-order valence-electron chi connectivity index (χ4n) is 10.3. The molecule has 14 nitrogen and oxygen atoms in total. The highest BCUT2D eigenvalue weighted by molar-refractivity contribution is 7.13. The lowest BCUT2D eigenvalue weighted by Crippen LogP contribution is -2.74. The van der Waals surface area contributed by atoms with Crippen LogP contribution in [0.1, 0.15) is 135 Å². The molecule has 1 saturated heterocycles. The maximum atomic E-state index is 14.5. The number of amides is 3. The molecule has 4 aromatic rings. The molecular weight excluding hydrogens is 964 g/mol. The van der Waals surface area contributed by atoms with Gasteiger partial charge in [-0.05, 0) is 86.1 Å². The molecule has 4 atom stereocenters. The highest BCUT2D eigenvalue weighted by Crippen LogP contribution is 2.55. The van der Waals surface area contributed by atoms with Gasteiger partial charge >= 0.3 is 5.97 Å². The molecule has 0 radical (unpaired) electrons. The minimum Gasteiger partial charge on any atom is -0.489 e. The third-order valence-electron chi connectivity index (χ3n) is 14.3. The van der Waals surface area contributed by atoms with Gasteiger partial charge in [0.15, 0.2) is 5.78 Å². The van der Waals surface area contributed by atoms with Crippen molar-refractivity contribution < 1.29 is 38.2 Å². The molecular formula is C57H73ClN6O8S. The van der Waals surface area contributed by atoms with Gasteiger partial charge in [0, 0.05) is 66.1 Å². The van der Waals surface area contributed by atoms with Crippen molar-refractivity contribution in [3.05, 3.63) is 99.6 Å². The number of nitrogens with one attached hydrogen (secondary N) is 3. The van der Waals surface area contributed by atoms with E-state index in [2.05, 4.69) is 54.7 Å². The maximum Gasteiger partial charge on any atom is 0.308 e. The number of ketones is 1. The first kappa shape index (κ1) is 56.5. The number of nitrogens with zero attached hydrogens (tertiary/aromatic N) is 3. The van der Waals surface area contributed by atoms with Gasteiger partial charge in [0.05, 0.1) is 45.2 Å². The molecule has 2 unspecified atom stereocenters. The topological polar surface area (TPSA) is 189 Å². The van der Waals surface area contributed by atoms with Crippen LogP contribution in [0.2, 0.25) is 5.02 Å². The van der Waals surface area contributed by atoms with Crippen molar-refractivity contribution in [3.63, 3.8) is 0 Å². The molecule has 0 bridgehead atoms. The second kappa shape index (κ2) is 24.0. The number of halogens is 1. The Bertz CT molecular complexity index is 2620. The van der Waals surface area contributed by atoms with Crippen molar-refractivity contribution in [1.82, 2.24) is 20.5 Å². The number of ether oxygens (including phenoxy) is 3. The number of hydrogen-bond acceptors (Lipinski definition) is 12. The molecule has 1 saturated carbocycles. The summed E-state index contributed by atoms with van der Waals surface area (Å²) in [6, 6.07) is 21.0. The van der Waals surface area contributed by atoms with E-state index in [1.807, 2.05) is 76.5 Å². The van der Waals surface area contributed by atoms with E-state index in [9.17, 15) is 29.2 Å². The van der Waals surface area contributed by atoms with Crippen molar-refractivity contribution in [2.45, 2.75) is 139 Å². The van der Waals surface area contributed by atoms with Crippen LogP contribution < -0.4 is 20.7 Å². The number of thiazole rings is 1. The summed E-state index contributed by atoms with van der Waals surface area (Å²) in [5, 5.41) is 19.3. The number of nitriles is 1. The van der Waals surface area contributed by atoms with Crippen molar-refractivity contribution in [2.24, 2.45) is 28.1 Å². The Balaban J connectivity index is 0.930. The number of carbonyl (C=O) groups excluding carboxylic acids is 5. The number of benzene rings is 3. The van der Waals surface area contributed by atoms with Gasteiger partial charge in [0.25, 0.3) is 5.91 Å². The molecule has 73 heavy (non-hydrogen) atoms. The molecule has 2 fully saturated rings. The van der Waals surface area contributed by atoms with Crippen molar-refractivity contribution >= 4 is 58.1 Å². The third-order valence-corrected chi connectivity index (χ3v) is 15.6. The van der Waals surface area contributed by atoms with E-state index < -0.39 is 29.4 Å². The van der Waals surface area contributed by atoms with Crippen molar-refractivity contribution in [1.29, 1.82) is 5.26 Å². The summed E-state index contributed by atoms with van der Waals surface area (Å²) in [7, 11) is 0. The average Bonchev–Trinajstić information content (AvgIpc) is 3.98. The predicted octanol–water partition coefficient (Wildman–Crippen LogP) is 10.5. The fraction of sp³-hybridized carbons (Fsp3) is 0.526. The monoisotopic (exact) mass is 1040 g/mol. The normalized spacial score (nSPS) is 19.8. The standard InChI is InChI=1S/C57H73ClN6O8S/c1-34(2)52(69)71-44-29-47(50(67)62-35(3)37-15-17-38(18-16-37)48-36(4)61-33-73-48)64(31-44)51(68)45(55(5,6)7)27-42(65)32-70-26-14-12-13-25-60-41-22-19-39(20-23-41)49(66)63-53-56(8,9)54(57(53,10)11)72-43-24-21-40(30-59)46(58)28-43/h15-24,28,33-35,44-45,47,53-54,60H,12-14,25-27,29,31-32H2,1-11H3,(H,62,67)(H,63,66)/t35-,44+,45?,47?,53?,54?/m0/s1. The molecule has 0 spiro atoms. The van der Waals surface area contributed by atoms with Crippen LogP contribution in [0.25, 0.3) is 10.4 Å². The van der Waals surface area contributed by atoms with Gasteiger partial charge in [-0.15, -0.1) is 11.3 Å². The second-order valence-corrected chi connectivity index (χ2v) is 23.4. The Labute approximate surface area is 440 Å². The van der Waals surface area contributed by atoms with Gasteiger partial charge in [0.1, 0.15) is 36.7 Å². The zero-order chi connectivity index (χ0) is 53.4. The van der Waals surface area contributed by atoms with Crippen LogP contribution in [-0.4, -0.2) is 90.0 Å². The number of unbranched alkanes of at least 4 members (excludes halogenated alkanes) is 2. The highest BCUT2D eigenvalue weighted by Gasteiger charge is 2.64. The molecule has 392 valence electrons. The number of aryl methyl sites for hydroxylation is 1. The second-order valence-electron chi connectivity index (χ2n) is 22.2. The number of Topliss-reactive ketones (excluding diaryl/α,β-unsaturated/α-hetero) is 1. The summed E-state index contributed by atoms with van der Waals surface area (Å²) < 4.78 is 18.0. The van der Waals surface area contributed by atoms with Crippen LogP contribution in [0.4, 0.5) is 5.69 Å². The van der Waals surface area contributed by atoms with Crippen LogP contribution in [0.3, 0.4) is 0 Å². The van der Waals surface area contributed by atoms with Gasteiger partial charge in [-0.2, -0.15) is 5.26 Å². The van der Waals surface area contributed by atoms with E-state index in [-0.39, 0.29) is 84.4 Å². The third kappa shape index (κ3) is 13.9. The molecule has 3 amide bonds. The first-order chi connectivity index (χ1) is 34.4. The summed E-state index contributed by atoms with van der Waals surface area (Å²) in [6.07, 6.45) is 1.68. The van der Waals surface area contributed by atoms with E-state index in [0.29, 0.717) is 35.1 Å². The maximum absolute atomic E-state index is 14.5. The lowest BCUT2D eigenvalue weighted by molar-refractivity contribution is -0.164.